The maximum atomic E-state index is 12.2. The van der Waals surface area contributed by atoms with Gasteiger partial charge in [-0.3, -0.25) is 25.2 Å². The summed E-state index contributed by atoms with van der Waals surface area (Å²) in [5, 5.41) is 2.44. The number of carbonyl (C=O) groups is 3. The molecular weight excluding hydrogens is 354 g/mol. The van der Waals surface area contributed by atoms with Crippen molar-refractivity contribution in [3.8, 4) is 0 Å². The molecule has 2 aromatic heterocycles. The first-order chi connectivity index (χ1) is 12.6. The number of amides is 3. The molecular formula is C18H21N3O4S. The molecule has 3 rings (SSSR count). The molecule has 2 heterocycles. The Labute approximate surface area is 155 Å². The molecule has 7 nitrogen and oxygen atoms in total. The summed E-state index contributed by atoms with van der Waals surface area (Å²) < 4.78 is 4.80. The summed E-state index contributed by atoms with van der Waals surface area (Å²) in [6.45, 7) is -0.245. The van der Waals surface area contributed by atoms with E-state index in [9.17, 15) is 14.4 Å². The topological polar surface area (TPSA) is 100 Å². The predicted molar refractivity (Wildman–Crippen MR) is 96.8 cm³/mol. The van der Waals surface area contributed by atoms with Crippen LogP contribution in [0.15, 0.2) is 29.1 Å². The molecule has 2 aromatic rings. The quantitative estimate of drug-likeness (QED) is 0.713. The third kappa shape index (κ3) is 4.72. The van der Waals surface area contributed by atoms with Crippen molar-refractivity contribution < 1.29 is 18.8 Å². The van der Waals surface area contributed by atoms with Gasteiger partial charge in [-0.15, -0.1) is 11.3 Å². The molecule has 26 heavy (non-hydrogen) atoms. The van der Waals surface area contributed by atoms with Crippen LogP contribution in [0.4, 0.5) is 0 Å². The van der Waals surface area contributed by atoms with Crippen molar-refractivity contribution >= 4 is 29.1 Å². The van der Waals surface area contributed by atoms with Crippen molar-refractivity contribution in [3.63, 3.8) is 0 Å². The van der Waals surface area contributed by atoms with Gasteiger partial charge in [-0.1, -0.05) is 12.8 Å². The van der Waals surface area contributed by atoms with Crippen LogP contribution in [-0.4, -0.2) is 24.3 Å². The van der Waals surface area contributed by atoms with E-state index in [1.165, 1.54) is 53.2 Å². The molecule has 0 aliphatic heterocycles. The van der Waals surface area contributed by atoms with Crippen molar-refractivity contribution in [1.29, 1.82) is 0 Å². The summed E-state index contributed by atoms with van der Waals surface area (Å²) in [4.78, 5) is 37.6. The Kier molecular flexibility index (Phi) is 6.06. The molecule has 0 aromatic carbocycles. The van der Waals surface area contributed by atoms with E-state index in [4.69, 9.17) is 4.42 Å². The van der Waals surface area contributed by atoms with E-state index in [0.717, 1.165) is 25.7 Å². The molecule has 3 N–H and O–H groups in total. The van der Waals surface area contributed by atoms with E-state index in [2.05, 4.69) is 16.2 Å². The molecule has 3 amide bonds. The van der Waals surface area contributed by atoms with Gasteiger partial charge >= 0.3 is 0 Å². The smallest absolute Gasteiger partial charge is 0.279 e. The van der Waals surface area contributed by atoms with E-state index in [-0.39, 0.29) is 12.5 Å². The van der Waals surface area contributed by atoms with Crippen LogP contribution in [0.25, 0.3) is 0 Å². The fraction of sp³-hybridized carbons (Fsp3) is 0.389. The maximum absolute atomic E-state index is 12.2. The Bertz CT molecular complexity index is 757. The lowest BCUT2D eigenvalue weighted by molar-refractivity contribution is -0.120. The molecule has 1 aliphatic rings. The van der Waals surface area contributed by atoms with Crippen LogP contribution in [0, 0.1) is 0 Å². The standard InChI is InChI=1S/C18H21N3O4S/c22-16(10-19-17(23)13-7-8-25-11-13)20-21-18(24)15-9-12-5-3-1-2-4-6-14(12)26-15/h7-9,11H,1-6,10H2,(H,19,23)(H,20,22)(H,21,24). The summed E-state index contributed by atoms with van der Waals surface area (Å²) in [5.74, 6) is -1.26. The van der Waals surface area contributed by atoms with Gasteiger partial charge in [-0.25, -0.2) is 0 Å². The van der Waals surface area contributed by atoms with Gasteiger partial charge in [0, 0.05) is 4.88 Å². The number of hydrogen-bond donors (Lipinski definition) is 3. The van der Waals surface area contributed by atoms with Crippen LogP contribution < -0.4 is 16.2 Å². The summed E-state index contributed by atoms with van der Waals surface area (Å²) in [5.41, 5.74) is 6.30. The van der Waals surface area contributed by atoms with Gasteiger partial charge in [-0.05, 0) is 43.4 Å². The van der Waals surface area contributed by atoms with E-state index >= 15 is 0 Å². The molecule has 0 radical (unpaired) electrons. The summed E-state index contributed by atoms with van der Waals surface area (Å²) in [6, 6.07) is 3.42. The third-order valence-corrected chi connectivity index (χ3v) is 5.46. The Morgan fingerprint density at radius 3 is 2.62 bits per heavy atom. The molecule has 0 atom stereocenters. The lowest BCUT2D eigenvalue weighted by Crippen LogP contribution is -2.46. The highest BCUT2D eigenvalue weighted by Crippen LogP contribution is 2.28. The molecule has 0 saturated carbocycles. The number of aryl methyl sites for hydroxylation is 2. The van der Waals surface area contributed by atoms with Crippen molar-refractivity contribution in [2.24, 2.45) is 0 Å². The van der Waals surface area contributed by atoms with Crippen LogP contribution in [0.3, 0.4) is 0 Å². The maximum Gasteiger partial charge on any atom is 0.279 e. The predicted octanol–water partition coefficient (Wildman–Crippen LogP) is 2.19. The number of nitrogens with one attached hydrogen (secondary N) is 3. The van der Waals surface area contributed by atoms with Crippen LogP contribution in [0.1, 0.15) is 56.2 Å². The van der Waals surface area contributed by atoms with Crippen molar-refractivity contribution in [3.05, 3.63) is 45.5 Å². The SMILES string of the molecule is O=C(CNC(=O)c1ccoc1)NNC(=O)c1cc2c(s1)CCCCCC2. The Morgan fingerprint density at radius 1 is 1.04 bits per heavy atom. The number of rotatable bonds is 4. The van der Waals surface area contributed by atoms with Gasteiger partial charge in [0.2, 0.25) is 0 Å². The number of hydrogen-bond acceptors (Lipinski definition) is 5. The Hall–Kier alpha value is -2.61. The molecule has 0 fully saturated rings. The van der Waals surface area contributed by atoms with Gasteiger partial charge in [0.05, 0.1) is 23.2 Å². The number of thiophene rings is 1. The summed E-state index contributed by atoms with van der Waals surface area (Å²) in [7, 11) is 0. The largest absolute Gasteiger partial charge is 0.472 e. The van der Waals surface area contributed by atoms with Crippen molar-refractivity contribution in [1.82, 2.24) is 16.2 Å². The van der Waals surface area contributed by atoms with E-state index in [0.29, 0.717) is 10.4 Å². The minimum atomic E-state index is -0.509. The second kappa shape index (κ2) is 8.66. The number of fused-ring (bicyclic) bond motifs is 1. The fourth-order valence-corrected chi connectivity index (χ4v) is 3.99. The van der Waals surface area contributed by atoms with E-state index in [1.807, 2.05) is 6.07 Å². The zero-order chi connectivity index (χ0) is 18.4. The van der Waals surface area contributed by atoms with Gasteiger partial charge in [0.15, 0.2) is 0 Å². The third-order valence-electron chi connectivity index (χ3n) is 4.23. The minimum Gasteiger partial charge on any atom is -0.472 e. The second-order valence-corrected chi connectivity index (χ2v) is 7.31. The Morgan fingerprint density at radius 2 is 1.85 bits per heavy atom. The summed E-state index contributed by atoms with van der Waals surface area (Å²) >= 11 is 1.49. The molecule has 0 spiro atoms. The lowest BCUT2D eigenvalue weighted by atomic mass is 10.00. The van der Waals surface area contributed by atoms with Gasteiger partial charge in [0.25, 0.3) is 17.7 Å². The van der Waals surface area contributed by atoms with Crippen molar-refractivity contribution in [2.75, 3.05) is 6.54 Å². The molecule has 0 saturated heterocycles. The summed E-state index contributed by atoms with van der Waals surface area (Å²) in [6.07, 6.45) is 9.46. The lowest BCUT2D eigenvalue weighted by Gasteiger charge is -2.07. The van der Waals surface area contributed by atoms with Crippen LogP contribution in [0.2, 0.25) is 0 Å². The van der Waals surface area contributed by atoms with Crippen LogP contribution >= 0.6 is 11.3 Å². The Balaban J connectivity index is 1.47. The van der Waals surface area contributed by atoms with Gasteiger partial charge < -0.3 is 9.73 Å². The second-order valence-electron chi connectivity index (χ2n) is 6.17. The van der Waals surface area contributed by atoms with Gasteiger partial charge in [-0.2, -0.15) is 0 Å². The van der Waals surface area contributed by atoms with Crippen LogP contribution in [0.5, 0.6) is 0 Å². The van der Waals surface area contributed by atoms with Crippen LogP contribution in [-0.2, 0) is 17.6 Å². The highest BCUT2D eigenvalue weighted by Gasteiger charge is 2.16. The molecule has 0 unspecified atom stereocenters. The number of hydrazine groups is 1. The number of carbonyl (C=O) groups excluding carboxylic acids is 3. The first kappa shape index (κ1) is 18.2. The highest BCUT2D eigenvalue weighted by atomic mass is 32.1. The average molecular weight is 375 g/mol. The van der Waals surface area contributed by atoms with Crippen molar-refractivity contribution in [2.45, 2.75) is 38.5 Å². The minimum absolute atomic E-state index is 0.245. The normalized spacial score (nSPS) is 13.8. The molecule has 8 heteroatoms. The van der Waals surface area contributed by atoms with E-state index in [1.54, 1.807) is 0 Å². The van der Waals surface area contributed by atoms with E-state index < -0.39 is 11.8 Å². The molecule has 138 valence electrons. The molecule has 0 bridgehead atoms. The monoisotopic (exact) mass is 375 g/mol. The van der Waals surface area contributed by atoms with Gasteiger partial charge in [0.1, 0.15) is 6.26 Å². The first-order valence-corrected chi connectivity index (χ1v) is 9.46. The fourth-order valence-electron chi connectivity index (χ4n) is 2.84. The highest BCUT2D eigenvalue weighted by molar-refractivity contribution is 7.14. The average Bonchev–Trinajstić information content (AvgIpc) is 3.28. The zero-order valence-corrected chi connectivity index (χ0v) is 15.1. The zero-order valence-electron chi connectivity index (χ0n) is 14.3. The first-order valence-electron chi connectivity index (χ1n) is 8.64. The number of furan rings is 1. The molecule has 1 aliphatic carbocycles.